The molecule has 0 bridgehead atoms. The van der Waals surface area contributed by atoms with Crippen LogP contribution in [0.1, 0.15) is 18.4 Å². The lowest BCUT2D eigenvalue weighted by Crippen LogP contribution is -2.43. The Morgan fingerprint density at radius 2 is 1.97 bits per heavy atom. The van der Waals surface area contributed by atoms with Crippen molar-refractivity contribution in [3.8, 4) is 5.75 Å². The van der Waals surface area contributed by atoms with Crippen molar-refractivity contribution in [3.63, 3.8) is 0 Å². The first kappa shape index (κ1) is 21.2. The smallest absolute Gasteiger partial charge is 0.243 e. The highest BCUT2D eigenvalue weighted by molar-refractivity contribution is 7.89. The summed E-state index contributed by atoms with van der Waals surface area (Å²) < 4.78 is 59.5. The number of ether oxygens (including phenoxy) is 1. The number of nitrogens with zero attached hydrogens (tertiary/aromatic N) is 1. The number of benzene rings is 2. The summed E-state index contributed by atoms with van der Waals surface area (Å²) in [7, 11) is -2.29. The molecule has 2 aromatic carbocycles. The fourth-order valence-electron chi connectivity index (χ4n) is 3.36. The van der Waals surface area contributed by atoms with Crippen molar-refractivity contribution in [1.82, 2.24) is 4.31 Å². The van der Waals surface area contributed by atoms with E-state index in [1.54, 1.807) is 13.0 Å². The van der Waals surface area contributed by atoms with Crippen LogP contribution in [0.3, 0.4) is 0 Å². The number of nitrogens with one attached hydrogen (secondary N) is 1. The Bertz CT molecular complexity index is 1030. The van der Waals surface area contributed by atoms with Gasteiger partial charge in [0.05, 0.1) is 23.6 Å². The molecule has 1 amide bonds. The number of piperidine rings is 1. The predicted molar refractivity (Wildman–Crippen MR) is 104 cm³/mol. The van der Waals surface area contributed by atoms with Crippen LogP contribution in [0.15, 0.2) is 41.3 Å². The van der Waals surface area contributed by atoms with Crippen LogP contribution in [-0.2, 0) is 14.8 Å². The third-order valence-corrected chi connectivity index (χ3v) is 6.81. The number of halogens is 2. The normalized spacial score (nSPS) is 17.7. The van der Waals surface area contributed by atoms with Crippen LogP contribution in [0.2, 0.25) is 0 Å². The maximum absolute atomic E-state index is 13.8. The lowest BCUT2D eigenvalue weighted by Gasteiger charge is -2.31. The van der Waals surface area contributed by atoms with Crippen molar-refractivity contribution < 1.29 is 26.7 Å². The van der Waals surface area contributed by atoms with Crippen LogP contribution >= 0.6 is 0 Å². The molecule has 1 aliphatic rings. The third-order valence-electron chi connectivity index (χ3n) is 4.95. The standard InChI is InChI=1S/C20H22F2N2O4S/c1-13-10-16(6-8-19(13)28-2)29(26,27)24-9-3-4-14(12-24)20(25)23-18-11-15(21)5-7-17(18)22/h5-8,10-11,14H,3-4,9,12H2,1-2H3,(H,23,25). The Kier molecular flexibility index (Phi) is 6.18. The topological polar surface area (TPSA) is 75.7 Å². The number of methoxy groups -OCH3 is 1. The van der Waals surface area contributed by atoms with E-state index in [1.807, 2.05) is 0 Å². The number of amides is 1. The van der Waals surface area contributed by atoms with E-state index in [-0.39, 0.29) is 23.7 Å². The highest BCUT2D eigenvalue weighted by Crippen LogP contribution is 2.28. The van der Waals surface area contributed by atoms with Crippen LogP contribution in [-0.4, -0.2) is 38.8 Å². The molecule has 29 heavy (non-hydrogen) atoms. The second kappa shape index (κ2) is 8.46. The van der Waals surface area contributed by atoms with Gasteiger partial charge < -0.3 is 10.1 Å². The molecule has 0 aromatic heterocycles. The lowest BCUT2D eigenvalue weighted by atomic mass is 9.98. The van der Waals surface area contributed by atoms with E-state index in [2.05, 4.69) is 5.32 Å². The molecule has 1 N–H and O–H groups in total. The average Bonchev–Trinajstić information content (AvgIpc) is 2.70. The molecule has 1 aliphatic heterocycles. The molecule has 3 rings (SSSR count). The molecule has 0 saturated carbocycles. The van der Waals surface area contributed by atoms with Crippen molar-refractivity contribution in [2.24, 2.45) is 5.92 Å². The van der Waals surface area contributed by atoms with Crippen LogP contribution in [0.25, 0.3) is 0 Å². The second-order valence-electron chi connectivity index (χ2n) is 6.95. The highest BCUT2D eigenvalue weighted by atomic mass is 32.2. The maximum atomic E-state index is 13.8. The molecule has 1 atom stereocenters. The van der Waals surface area contributed by atoms with Crippen molar-refractivity contribution in [2.45, 2.75) is 24.7 Å². The van der Waals surface area contributed by atoms with Gasteiger partial charge in [-0.15, -0.1) is 0 Å². The largest absolute Gasteiger partial charge is 0.496 e. The number of hydrogen-bond donors (Lipinski definition) is 1. The molecule has 2 aromatic rings. The Hall–Kier alpha value is -2.52. The first-order chi connectivity index (χ1) is 13.7. The van der Waals surface area contributed by atoms with Gasteiger partial charge in [0.15, 0.2) is 0 Å². The molecule has 9 heteroatoms. The number of carbonyl (C=O) groups excluding carboxylic acids is 1. The molecule has 1 saturated heterocycles. The summed E-state index contributed by atoms with van der Waals surface area (Å²) in [6.07, 6.45) is 0.939. The highest BCUT2D eigenvalue weighted by Gasteiger charge is 2.33. The van der Waals surface area contributed by atoms with E-state index in [4.69, 9.17) is 4.74 Å². The van der Waals surface area contributed by atoms with Crippen LogP contribution < -0.4 is 10.1 Å². The number of hydrogen-bond acceptors (Lipinski definition) is 4. The number of aryl methyl sites for hydroxylation is 1. The molecule has 1 unspecified atom stereocenters. The van der Waals surface area contributed by atoms with Gasteiger partial charge in [0.1, 0.15) is 17.4 Å². The Morgan fingerprint density at radius 3 is 2.66 bits per heavy atom. The zero-order valence-corrected chi connectivity index (χ0v) is 16.9. The van der Waals surface area contributed by atoms with Crippen molar-refractivity contribution in [1.29, 1.82) is 0 Å². The molecule has 6 nitrogen and oxygen atoms in total. The van der Waals surface area contributed by atoms with Crippen LogP contribution in [0.5, 0.6) is 5.75 Å². The summed E-state index contributed by atoms with van der Waals surface area (Å²) in [4.78, 5) is 12.7. The number of anilines is 1. The van der Waals surface area contributed by atoms with E-state index < -0.39 is 33.5 Å². The molecule has 0 spiro atoms. The van der Waals surface area contributed by atoms with Gasteiger partial charge in [-0.3, -0.25) is 4.79 Å². The Morgan fingerprint density at radius 1 is 1.21 bits per heavy atom. The molecule has 1 fully saturated rings. The van der Waals surface area contributed by atoms with Gasteiger partial charge in [0, 0.05) is 19.2 Å². The lowest BCUT2D eigenvalue weighted by molar-refractivity contribution is -0.120. The van der Waals surface area contributed by atoms with Crippen molar-refractivity contribution in [3.05, 3.63) is 53.6 Å². The van der Waals surface area contributed by atoms with Crippen molar-refractivity contribution >= 4 is 21.6 Å². The molecular formula is C20H22F2N2O4S. The van der Waals surface area contributed by atoms with Gasteiger partial charge in [0.25, 0.3) is 0 Å². The SMILES string of the molecule is COc1ccc(S(=O)(=O)N2CCCC(C(=O)Nc3cc(F)ccc3F)C2)cc1C. The summed E-state index contributed by atoms with van der Waals surface area (Å²) in [6.45, 7) is 2.00. The van der Waals surface area contributed by atoms with Crippen LogP contribution in [0, 0.1) is 24.5 Å². The number of sulfonamides is 1. The molecule has 0 aliphatic carbocycles. The summed E-state index contributed by atoms with van der Waals surface area (Å²) >= 11 is 0. The van der Waals surface area contributed by atoms with E-state index in [1.165, 1.54) is 23.5 Å². The minimum Gasteiger partial charge on any atom is -0.496 e. The Labute approximate surface area is 168 Å². The fourth-order valence-corrected chi connectivity index (χ4v) is 4.97. The van der Waals surface area contributed by atoms with E-state index in [0.29, 0.717) is 24.2 Å². The maximum Gasteiger partial charge on any atom is 0.243 e. The summed E-state index contributed by atoms with van der Waals surface area (Å²) in [6, 6.07) is 7.35. The monoisotopic (exact) mass is 424 g/mol. The number of carbonyl (C=O) groups is 1. The van der Waals surface area contributed by atoms with Gasteiger partial charge in [-0.05, 0) is 55.7 Å². The predicted octanol–water partition coefficient (Wildman–Crippen LogP) is 3.32. The quantitative estimate of drug-likeness (QED) is 0.799. The van der Waals surface area contributed by atoms with Crippen molar-refractivity contribution in [2.75, 3.05) is 25.5 Å². The van der Waals surface area contributed by atoms with Gasteiger partial charge in [-0.2, -0.15) is 4.31 Å². The zero-order chi connectivity index (χ0) is 21.2. The first-order valence-electron chi connectivity index (χ1n) is 9.13. The molecule has 1 heterocycles. The third kappa shape index (κ3) is 4.56. The fraction of sp³-hybridized carbons (Fsp3) is 0.350. The zero-order valence-electron chi connectivity index (χ0n) is 16.1. The number of rotatable bonds is 5. The molecule has 156 valence electrons. The summed E-state index contributed by atoms with van der Waals surface area (Å²) in [5, 5.41) is 2.36. The molecular weight excluding hydrogens is 402 g/mol. The van der Waals surface area contributed by atoms with Gasteiger partial charge in [-0.1, -0.05) is 0 Å². The first-order valence-corrected chi connectivity index (χ1v) is 10.6. The van der Waals surface area contributed by atoms with Gasteiger partial charge >= 0.3 is 0 Å². The second-order valence-corrected chi connectivity index (χ2v) is 8.88. The van der Waals surface area contributed by atoms with E-state index in [9.17, 15) is 22.0 Å². The van der Waals surface area contributed by atoms with Gasteiger partial charge in [0.2, 0.25) is 15.9 Å². The minimum absolute atomic E-state index is 0.0316. The summed E-state index contributed by atoms with van der Waals surface area (Å²) in [5.74, 6) is -2.06. The average molecular weight is 424 g/mol. The Balaban J connectivity index is 1.76. The van der Waals surface area contributed by atoms with Gasteiger partial charge in [-0.25, -0.2) is 17.2 Å². The summed E-state index contributed by atoms with van der Waals surface area (Å²) in [5.41, 5.74) is 0.419. The van der Waals surface area contributed by atoms with E-state index >= 15 is 0 Å². The minimum atomic E-state index is -3.80. The molecule has 0 radical (unpaired) electrons. The van der Waals surface area contributed by atoms with E-state index in [0.717, 1.165) is 18.2 Å². The van der Waals surface area contributed by atoms with Crippen LogP contribution in [0.4, 0.5) is 14.5 Å².